The molecule has 0 aliphatic carbocycles. The first-order chi connectivity index (χ1) is 10.3. The largest absolute Gasteiger partial charge is 0.463 e. The lowest BCUT2D eigenvalue weighted by Crippen LogP contribution is -2.22. The van der Waals surface area contributed by atoms with Crippen LogP contribution in [0.4, 0.5) is 0 Å². The monoisotopic (exact) mass is 282 g/mol. The van der Waals surface area contributed by atoms with Gasteiger partial charge >= 0.3 is 0 Å². The van der Waals surface area contributed by atoms with Gasteiger partial charge in [0.1, 0.15) is 5.75 Å². The molecule has 1 aromatic heterocycles. The van der Waals surface area contributed by atoms with E-state index in [0.717, 1.165) is 17.5 Å². The number of aliphatic hydroxyl groups excluding tert-OH is 1. The number of rotatable bonds is 5. The quantitative estimate of drug-likeness (QED) is 0.732. The van der Waals surface area contributed by atoms with Crippen LogP contribution in [0.5, 0.6) is 5.75 Å². The number of nitrogens with zero attached hydrogens (tertiary/aromatic N) is 2. The highest BCUT2D eigenvalue weighted by atomic mass is 16.6. The van der Waals surface area contributed by atoms with E-state index in [4.69, 9.17) is 4.74 Å². The average molecular weight is 282 g/mol. The van der Waals surface area contributed by atoms with E-state index in [9.17, 15) is 5.11 Å². The van der Waals surface area contributed by atoms with E-state index in [1.165, 1.54) is 5.56 Å². The molecule has 0 radical (unpaired) electrons. The predicted molar refractivity (Wildman–Crippen MR) is 82.2 cm³/mol. The first-order valence-electron chi connectivity index (χ1n) is 7.10. The molecule has 1 heterocycles. The number of aromatic nitrogens is 2. The Morgan fingerprint density at radius 1 is 1.14 bits per heavy atom. The molecule has 21 heavy (non-hydrogen) atoms. The molecule has 0 saturated carbocycles. The lowest BCUT2D eigenvalue weighted by atomic mass is 10.2. The highest BCUT2D eigenvalue weighted by molar-refractivity contribution is 5.74. The minimum absolute atomic E-state index is 0.343. The Labute approximate surface area is 123 Å². The molecule has 108 valence electrons. The fourth-order valence-corrected chi connectivity index (χ4v) is 2.32. The molecule has 4 nitrogen and oxygen atoms in total. The molecule has 0 saturated heterocycles. The van der Waals surface area contributed by atoms with Crippen molar-refractivity contribution < 1.29 is 9.84 Å². The summed E-state index contributed by atoms with van der Waals surface area (Å²) in [5.74, 6) is 0.670. The Bertz CT molecular complexity index is 719. The van der Waals surface area contributed by atoms with E-state index in [-0.39, 0.29) is 0 Å². The summed E-state index contributed by atoms with van der Waals surface area (Å²) in [6.07, 6.45) is 1.80. The van der Waals surface area contributed by atoms with Crippen LogP contribution in [0.3, 0.4) is 0 Å². The number of aliphatic hydroxyl groups is 1. The van der Waals surface area contributed by atoms with E-state index < -0.39 is 6.29 Å². The van der Waals surface area contributed by atoms with Gasteiger partial charge in [0.2, 0.25) is 6.29 Å². The minimum Gasteiger partial charge on any atom is -0.463 e. The van der Waals surface area contributed by atoms with Crippen LogP contribution in [0, 0.1) is 0 Å². The molecule has 3 aromatic rings. The molecule has 0 spiro atoms. The average Bonchev–Trinajstić information content (AvgIpc) is 2.91. The maximum atomic E-state index is 10.1. The first-order valence-corrected chi connectivity index (χ1v) is 7.10. The van der Waals surface area contributed by atoms with E-state index in [1.54, 1.807) is 6.33 Å². The van der Waals surface area contributed by atoms with Gasteiger partial charge < -0.3 is 14.4 Å². The number of para-hydroxylation sites is 2. The Morgan fingerprint density at radius 2 is 1.90 bits per heavy atom. The molecule has 0 fully saturated rings. The summed E-state index contributed by atoms with van der Waals surface area (Å²) in [4.78, 5) is 4.30. The number of hydrogen-bond acceptors (Lipinski definition) is 3. The van der Waals surface area contributed by atoms with E-state index >= 15 is 0 Å². The summed E-state index contributed by atoms with van der Waals surface area (Å²) in [7, 11) is 0. The Hall–Kier alpha value is -2.33. The van der Waals surface area contributed by atoms with Crippen molar-refractivity contribution >= 4 is 11.0 Å². The van der Waals surface area contributed by atoms with Gasteiger partial charge in [0, 0.05) is 0 Å². The smallest absolute Gasteiger partial charge is 0.215 e. The van der Waals surface area contributed by atoms with Crippen molar-refractivity contribution in [3.63, 3.8) is 0 Å². The molecule has 2 aromatic carbocycles. The Balaban J connectivity index is 1.69. The van der Waals surface area contributed by atoms with Gasteiger partial charge in [-0.25, -0.2) is 4.98 Å². The second kappa shape index (κ2) is 5.97. The number of benzene rings is 2. The molecule has 0 aliphatic rings. The van der Waals surface area contributed by atoms with Gasteiger partial charge in [-0.15, -0.1) is 0 Å². The van der Waals surface area contributed by atoms with Crippen molar-refractivity contribution in [1.29, 1.82) is 0 Å². The highest BCUT2D eigenvalue weighted by Crippen LogP contribution is 2.16. The standard InChI is InChI=1S/C17H18N2O2/c1-2-13-7-9-14(10-8-13)21-17(20)11-19-12-18-15-5-3-4-6-16(15)19/h3-10,12,17,20H,2,11H2,1H3. The number of hydrogen-bond donors (Lipinski definition) is 1. The fraction of sp³-hybridized carbons (Fsp3) is 0.235. The molecule has 0 aliphatic heterocycles. The second-order valence-corrected chi connectivity index (χ2v) is 4.96. The second-order valence-electron chi connectivity index (χ2n) is 4.96. The molecule has 1 atom stereocenters. The number of fused-ring (bicyclic) bond motifs is 1. The van der Waals surface area contributed by atoms with Gasteiger partial charge in [-0.2, -0.15) is 0 Å². The van der Waals surface area contributed by atoms with Gasteiger partial charge in [0.25, 0.3) is 0 Å². The van der Waals surface area contributed by atoms with Crippen molar-refractivity contribution in [2.24, 2.45) is 0 Å². The summed E-state index contributed by atoms with van der Waals surface area (Å²) in [5.41, 5.74) is 3.15. The van der Waals surface area contributed by atoms with Crippen LogP contribution in [0.25, 0.3) is 11.0 Å². The molecular weight excluding hydrogens is 264 g/mol. The zero-order valence-corrected chi connectivity index (χ0v) is 11.9. The highest BCUT2D eigenvalue weighted by Gasteiger charge is 2.09. The third kappa shape index (κ3) is 3.06. The molecule has 1 N–H and O–H groups in total. The maximum Gasteiger partial charge on any atom is 0.215 e. The summed E-state index contributed by atoms with van der Waals surface area (Å²) >= 11 is 0. The van der Waals surface area contributed by atoms with Crippen LogP contribution in [-0.2, 0) is 13.0 Å². The SMILES string of the molecule is CCc1ccc(OC(O)Cn2cnc3ccccc32)cc1. The maximum absolute atomic E-state index is 10.1. The molecule has 4 heteroatoms. The van der Waals surface area contributed by atoms with Gasteiger partial charge in [0.05, 0.1) is 23.9 Å². The normalized spacial score (nSPS) is 12.5. The van der Waals surface area contributed by atoms with Crippen LogP contribution >= 0.6 is 0 Å². The van der Waals surface area contributed by atoms with Crippen LogP contribution in [0.2, 0.25) is 0 Å². The van der Waals surface area contributed by atoms with Crippen molar-refractivity contribution in [3.8, 4) is 5.75 Å². The molecule has 1 unspecified atom stereocenters. The fourth-order valence-electron chi connectivity index (χ4n) is 2.32. The molecular formula is C17H18N2O2. The lowest BCUT2D eigenvalue weighted by Gasteiger charge is -2.14. The zero-order chi connectivity index (χ0) is 14.7. The van der Waals surface area contributed by atoms with Crippen molar-refractivity contribution in [2.45, 2.75) is 26.2 Å². The number of ether oxygens (including phenoxy) is 1. The molecule has 0 bridgehead atoms. The van der Waals surface area contributed by atoms with Gasteiger partial charge in [-0.05, 0) is 36.2 Å². The minimum atomic E-state index is -0.907. The third-order valence-corrected chi connectivity index (χ3v) is 3.48. The molecule has 0 amide bonds. The molecule has 3 rings (SSSR count). The van der Waals surface area contributed by atoms with E-state index in [1.807, 2.05) is 53.1 Å². The predicted octanol–water partition coefficient (Wildman–Crippen LogP) is 3.00. The number of aryl methyl sites for hydroxylation is 1. The van der Waals surface area contributed by atoms with Crippen LogP contribution < -0.4 is 4.74 Å². The summed E-state index contributed by atoms with van der Waals surface area (Å²) in [6, 6.07) is 15.6. The van der Waals surface area contributed by atoms with Gasteiger partial charge in [0.15, 0.2) is 0 Å². The summed E-state index contributed by atoms with van der Waals surface area (Å²) < 4.78 is 7.43. The van der Waals surface area contributed by atoms with Crippen molar-refractivity contribution in [3.05, 3.63) is 60.4 Å². The first kappa shape index (κ1) is 13.6. The topological polar surface area (TPSA) is 47.3 Å². The van der Waals surface area contributed by atoms with E-state index in [2.05, 4.69) is 11.9 Å². The summed E-state index contributed by atoms with van der Waals surface area (Å²) in [5, 5.41) is 10.1. The Morgan fingerprint density at radius 3 is 2.67 bits per heavy atom. The lowest BCUT2D eigenvalue weighted by molar-refractivity contribution is -0.0286. The van der Waals surface area contributed by atoms with Crippen molar-refractivity contribution in [2.75, 3.05) is 0 Å². The van der Waals surface area contributed by atoms with Crippen molar-refractivity contribution in [1.82, 2.24) is 9.55 Å². The van der Waals surface area contributed by atoms with Gasteiger partial charge in [-0.3, -0.25) is 0 Å². The number of imidazole rings is 1. The third-order valence-electron chi connectivity index (χ3n) is 3.48. The van der Waals surface area contributed by atoms with Crippen LogP contribution in [0.15, 0.2) is 54.9 Å². The summed E-state index contributed by atoms with van der Waals surface area (Å²) in [6.45, 7) is 2.45. The zero-order valence-electron chi connectivity index (χ0n) is 11.9. The van der Waals surface area contributed by atoms with Crippen LogP contribution in [0.1, 0.15) is 12.5 Å². The van der Waals surface area contributed by atoms with Gasteiger partial charge in [-0.1, -0.05) is 31.2 Å². The van der Waals surface area contributed by atoms with Crippen LogP contribution in [-0.4, -0.2) is 20.9 Å². The van der Waals surface area contributed by atoms with E-state index in [0.29, 0.717) is 12.3 Å². The Kier molecular flexibility index (Phi) is 3.88.